The fraction of sp³-hybridized carbons (Fsp3) is 0.348. The summed E-state index contributed by atoms with van der Waals surface area (Å²) in [5.41, 5.74) is 1.04. The van der Waals surface area contributed by atoms with E-state index in [2.05, 4.69) is 10.6 Å². The van der Waals surface area contributed by atoms with Gasteiger partial charge in [-0.15, -0.1) is 0 Å². The molecule has 31 heavy (non-hydrogen) atoms. The summed E-state index contributed by atoms with van der Waals surface area (Å²) in [7, 11) is 0. The maximum Gasteiger partial charge on any atom is 0.260 e. The van der Waals surface area contributed by atoms with Crippen molar-refractivity contribution in [3.8, 4) is 5.75 Å². The third kappa shape index (κ3) is 6.72. The molecule has 1 fully saturated rings. The lowest BCUT2D eigenvalue weighted by molar-refractivity contribution is -0.129. The van der Waals surface area contributed by atoms with Crippen molar-refractivity contribution < 1.29 is 19.1 Å². The van der Waals surface area contributed by atoms with Crippen molar-refractivity contribution in [1.29, 1.82) is 0 Å². The maximum absolute atomic E-state index is 12.4. The Morgan fingerprint density at radius 1 is 1.10 bits per heavy atom. The smallest absolute Gasteiger partial charge is 0.260 e. The maximum atomic E-state index is 12.4. The summed E-state index contributed by atoms with van der Waals surface area (Å²) in [6.45, 7) is 3.10. The van der Waals surface area contributed by atoms with Gasteiger partial charge in [0, 0.05) is 37.6 Å². The fourth-order valence-electron chi connectivity index (χ4n) is 3.33. The lowest BCUT2D eigenvalue weighted by Crippen LogP contribution is -2.42. The highest BCUT2D eigenvalue weighted by Crippen LogP contribution is 2.20. The summed E-state index contributed by atoms with van der Waals surface area (Å²) in [4.78, 5) is 38.5. The van der Waals surface area contributed by atoms with Crippen molar-refractivity contribution in [2.45, 2.75) is 26.0 Å². The Morgan fingerprint density at radius 3 is 2.48 bits per heavy atom. The normalized spacial score (nSPS) is 16.6. The number of hydrogen-bond donors (Lipinski definition) is 2. The third-order valence-corrected chi connectivity index (χ3v) is 5.27. The SMILES string of the molecule is CC(Oc1ccc(Cl)cc1)C(=O)NCCNC(=O)C1CC(=O)N(Cc2ccccc2)C1. The van der Waals surface area contributed by atoms with Gasteiger partial charge in [-0.3, -0.25) is 14.4 Å². The van der Waals surface area contributed by atoms with Crippen LogP contribution in [0.1, 0.15) is 18.9 Å². The van der Waals surface area contributed by atoms with E-state index in [4.69, 9.17) is 16.3 Å². The Bertz CT molecular complexity index is 905. The Labute approximate surface area is 186 Å². The minimum Gasteiger partial charge on any atom is -0.481 e. The molecule has 0 saturated carbocycles. The summed E-state index contributed by atoms with van der Waals surface area (Å²) in [5.74, 6) is -0.311. The molecule has 3 rings (SSSR count). The zero-order valence-corrected chi connectivity index (χ0v) is 18.1. The second-order valence-corrected chi connectivity index (χ2v) is 7.89. The predicted octanol–water partition coefficient (Wildman–Crippen LogP) is 2.39. The molecule has 164 valence electrons. The second-order valence-electron chi connectivity index (χ2n) is 7.46. The van der Waals surface area contributed by atoms with E-state index in [1.54, 1.807) is 36.1 Å². The summed E-state index contributed by atoms with van der Waals surface area (Å²) in [5, 5.41) is 6.11. The second kappa shape index (κ2) is 10.8. The van der Waals surface area contributed by atoms with E-state index in [1.807, 2.05) is 30.3 Å². The number of amides is 3. The van der Waals surface area contributed by atoms with Gasteiger partial charge in [0.25, 0.3) is 5.91 Å². The number of carbonyl (C=O) groups excluding carboxylic acids is 3. The molecule has 0 bridgehead atoms. The van der Waals surface area contributed by atoms with E-state index in [-0.39, 0.29) is 43.1 Å². The van der Waals surface area contributed by atoms with Gasteiger partial charge in [-0.1, -0.05) is 41.9 Å². The summed E-state index contributed by atoms with van der Waals surface area (Å²) in [6.07, 6.45) is -0.479. The fourth-order valence-corrected chi connectivity index (χ4v) is 3.46. The molecule has 2 atom stereocenters. The van der Waals surface area contributed by atoms with E-state index in [0.29, 0.717) is 23.9 Å². The molecule has 7 nitrogen and oxygen atoms in total. The van der Waals surface area contributed by atoms with Gasteiger partial charge in [-0.25, -0.2) is 0 Å². The first kappa shape index (κ1) is 22.6. The van der Waals surface area contributed by atoms with Gasteiger partial charge in [0.1, 0.15) is 5.75 Å². The molecule has 0 aromatic heterocycles. The third-order valence-electron chi connectivity index (χ3n) is 5.02. The number of nitrogens with one attached hydrogen (secondary N) is 2. The van der Waals surface area contributed by atoms with Gasteiger partial charge in [0.2, 0.25) is 11.8 Å². The predicted molar refractivity (Wildman–Crippen MR) is 118 cm³/mol. The molecule has 2 N–H and O–H groups in total. The van der Waals surface area contributed by atoms with Crippen LogP contribution in [-0.2, 0) is 20.9 Å². The molecule has 3 amide bonds. The highest BCUT2D eigenvalue weighted by molar-refractivity contribution is 6.30. The van der Waals surface area contributed by atoms with Crippen LogP contribution in [0, 0.1) is 5.92 Å². The Balaban J connectivity index is 1.35. The number of benzene rings is 2. The molecule has 1 saturated heterocycles. The number of rotatable bonds is 9. The molecular weight excluding hydrogens is 418 g/mol. The van der Waals surface area contributed by atoms with Gasteiger partial charge >= 0.3 is 0 Å². The molecule has 8 heteroatoms. The number of carbonyl (C=O) groups is 3. The molecule has 0 spiro atoms. The van der Waals surface area contributed by atoms with Crippen LogP contribution >= 0.6 is 11.6 Å². The highest BCUT2D eigenvalue weighted by Gasteiger charge is 2.34. The van der Waals surface area contributed by atoms with Gasteiger partial charge < -0.3 is 20.3 Å². The van der Waals surface area contributed by atoms with Crippen LogP contribution in [0.2, 0.25) is 5.02 Å². The van der Waals surface area contributed by atoms with Crippen LogP contribution in [0.15, 0.2) is 54.6 Å². The lowest BCUT2D eigenvalue weighted by atomic mass is 10.1. The van der Waals surface area contributed by atoms with Crippen molar-refractivity contribution in [3.63, 3.8) is 0 Å². The Morgan fingerprint density at radius 2 is 1.77 bits per heavy atom. The van der Waals surface area contributed by atoms with Gasteiger partial charge in [-0.2, -0.15) is 0 Å². The number of likely N-dealkylation sites (tertiary alicyclic amines) is 1. The number of ether oxygens (including phenoxy) is 1. The quantitative estimate of drug-likeness (QED) is 0.582. The minimum atomic E-state index is -0.684. The van der Waals surface area contributed by atoms with Crippen LogP contribution in [0.25, 0.3) is 0 Å². The lowest BCUT2D eigenvalue weighted by Gasteiger charge is -2.17. The number of halogens is 1. The van der Waals surface area contributed by atoms with Crippen LogP contribution in [0.5, 0.6) is 5.75 Å². The van der Waals surface area contributed by atoms with Crippen LogP contribution < -0.4 is 15.4 Å². The molecule has 0 aliphatic carbocycles. The average molecular weight is 444 g/mol. The highest BCUT2D eigenvalue weighted by atomic mass is 35.5. The van der Waals surface area contributed by atoms with Crippen LogP contribution in [-0.4, -0.2) is 48.4 Å². The Hall–Kier alpha value is -3.06. The minimum absolute atomic E-state index is 0.0227. The summed E-state index contributed by atoms with van der Waals surface area (Å²) >= 11 is 5.83. The molecule has 0 radical (unpaired) electrons. The first-order chi connectivity index (χ1) is 14.9. The van der Waals surface area contributed by atoms with E-state index < -0.39 is 6.10 Å². The van der Waals surface area contributed by atoms with Crippen LogP contribution in [0.4, 0.5) is 0 Å². The average Bonchev–Trinajstić information content (AvgIpc) is 3.13. The molecule has 1 heterocycles. The largest absolute Gasteiger partial charge is 0.481 e. The summed E-state index contributed by atoms with van der Waals surface area (Å²) in [6, 6.07) is 16.5. The first-order valence-corrected chi connectivity index (χ1v) is 10.6. The van der Waals surface area contributed by atoms with Gasteiger partial charge in [-0.05, 0) is 36.8 Å². The van der Waals surface area contributed by atoms with E-state index >= 15 is 0 Å². The van der Waals surface area contributed by atoms with Crippen LogP contribution in [0.3, 0.4) is 0 Å². The zero-order chi connectivity index (χ0) is 22.2. The molecule has 2 aromatic rings. The summed E-state index contributed by atoms with van der Waals surface area (Å²) < 4.78 is 5.56. The Kier molecular flexibility index (Phi) is 7.89. The van der Waals surface area contributed by atoms with E-state index in [1.165, 1.54) is 0 Å². The van der Waals surface area contributed by atoms with Crippen molar-refractivity contribution in [1.82, 2.24) is 15.5 Å². The van der Waals surface area contributed by atoms with Crippen molar-refractivity contribution in [2.75, 3.05) is 19.6 Å². The monoisotopic (exact) mass is 443 g/mol. The molecule has 2 aromatic carbocycles. The van der Waals surface area contributed by atoms with E-state index in [9.17, 15) is 14.4 Å². The van der Waals surface area contributed by atoms with Crippen molar-refractivity contribution >= 4 is 29.3 Å². The molecule has 1 aliphatic heterocycles. The number of nitrogens with zero attached hydrogens (tertiary/aromatic N) is 1. The molecule has 2 unspecified atom stereocenters. The zero-order valence-electron chi connectivity index (χ0n) is 17.3. The molecule has 1 aliphatic rings. The van der Waals surface area contributed by atoms with Crippen molar-refractivity contribution in [3.05, 3.63) is 65.2 Å². The van der Waals surface area contributed by atoms with Gasteiger partial charge in [0.15, 0.2) is 6.10 Å². The topological polar surface area (TPSA) is 87.7 Å². The standard InChI is InChI=1S/C23H26ClN3O4/c1-16(31-20-9-7-19(24)8-10-20)22(29)25-11-12-26-23(30)18-13-21(28)27(15-18)14-17-5-3-2-4-6-17/h2-10,16,18H,11-15H2,1H3,(H,25,29)(H,26,30). The van der Waals surface area contributed by atoms with Gasteiger partial charge in [0.05, 0.1) is 5.92 Å². The van der Waals surface area contributed by atoms with Crippen molar-refractivity contribution in [2.24, 2.45) is 5.92 Å². The van der Waals surface area contributed by atoms with E-state index in [0.717, 1.165) is 5.56 Å². The number of hydrogen-bond acceptors (Lipinski definition) is 4. The first-order valence-electron chi connectivity index (χ1n) is 10.2. The molecular formula is C23H26ClN3O4.